The highest BCUT2D eigenvalue weighted by Gasteiger charge is 2.24. The lowest BCUT2D eigenvalue weighted by Crippen LogP contribution is -1.93. The minimum atomic E-state index is 0.233. The molecule has 0 amide bonds. The number of nitrogens with zero attached hydrogens (tertiary/aromatic N) is 1. The maximum absolute atomic E-state index is 4.43. The van der Waals surface area contributed by atoms with Crippen molar-refractivity contribution < 1.29 is 0 Å². The van der Waals surface area contributed by atoms with E-state index >= 15 is 0 Å². The lowest BCUT2D eigenvalue weighted by molar-refractivity contribution is 0.804. The zero-order chi connectivity index (χ0) is 8.39. The molecule has 12 heavy (non-hydrogen) atoms. The van der Waals surface area contributed by atoms with Crippen molar-refractivity contribution in [2.75, 3.05) is 12.8 Å². The van der Waals surface area contributed by atoms with E-state index in [0.717, 1.165) is 5.66 Å². The largest absolute Gasteiger partial charge is 0.261 e. The number of hydrogen-bond acceptors (Lipinski definition) is 1. The van der Waals surface area contributed by atoms with Crippen molar-refractivity contribution >= 4 is 7.92 Å². The van der Waals surface area contributed by atoms with Crippen molar-refractivity contribution in [3.05, 3.63) is 30.1 Å². The molecule has 64 valence electrons. The highest BCUT2D eigenvalue weighted by atomic mass is 31.1. The van der Waals surface area contributed by atoms with Gasteiger partial charge in [-0.15, -0.1) is 7.92 Å². The molecule has 1 aromatic rings. The van der Waals surface area contributed by atoms with Gasteiger partial charge in [0.1, 0.15) is 0 Å². The van der Waals surface area contributed by atoms with Crippen molar-refractivity contribution in [2.45, 2.75) is 18.5 Å². The van der Waals surface area contributed by atoms with E-state index < -0.39 is 0 Å². The van der Waals surface area contributed by atoms with Gasteiger partial charge in [0.15, 0.2) is 0 Å². The molecule has 2 heteroatoms. The first-order valence-electron chi connectivity index (χ1n) is 4.49. The Bertz CT molecular complexity index is 247. The van der Waals surface area contributed by atoms with Gasteiger partial charge < -0.3 is 0 Å². The molecule has 0 aliphatic carbocycles. The van der Waals surface area contributed by atoms with Crippen LogP contribution in [0.4, 0.5) is 0 Å². The first-order chi connectivity index (χ1) is 5.88. The summed E-state index contributed by atoms with van der Waals surface area (Å²) in [6.45, 7) is 2.40. The van der Waals surface area contributed by atoms with Crippen LogP contribution in [0.5, 0.6) is 0 Å². The van der Waals surface area contributed by atoms with E-state index in [4.69, 9.17) is 0 Å². The Labute approximate surface area is 75.0 Å². The molecular formula is C10H14NP. The molecule has 1 saturated heterocycles. The van der Waals surface area contributed by atoms with Crippen molar-refractivity contribution in [3.63, 3.8) is 0 Å². The summed E-state index contributed by atoms with van der Waals surface area (Å²) < 4.78 is 0. The van der Waals surface area contributed by atoms with Crippen LogP contribution in [-0.2, 0) is 0 Å². The van der Waals surface area contributed by atoms with Gasteiger partial charge in [0.25, 0.3) is 0 Å². The molecule has 0 saturated carbocycles. The van der Waals surface area contributed by atoms with Crippen molar-refractivity contribution in [2.24, 2.45) is 0 Å². The average molecular weight is 179 g/mol. The number of pyridine rings is 1. The van der Waals surface area contributed by atoms with Crippen LogP contribution in [0.15, 0.2) is 24.4 Å². The normalized spacial score (nSPS) is 29.1. The molecule has 2 heterocycles. The second-order valence-corrected chi connectivity index (χ2v) is 5.98. The van der Waals surface area contributed by atoms with Crippen LogP contribution in [0.1, 0.15) is 24.2 Å². The predicted molar refractivity (Wildman–Crippen MR) is 53.9 cm³/mol. The molecule has 1 aliphatic heterocycles. The molecule has 0 N–H and O–H groups in total. The molecule has 0 radical (unpaired) electrons. The Morgan fingerprint density at radius 1 is 1.50 bits per heavy atom. The summed E-state index contributed by atoms with van der Waals surface area (Å²) in [5.74, 6) is 0. The summed E-state index contributed by atoms with van der Waals surface area (Å²) in [5, 5.41) is 0. The van der Waals surface area contributed by atoms with E-state index in [2.05, 4.69) is 23.8 Å². The molecule has 1 nitrogen and oxygen atoms in total. The quantitative estimate of drug-likeness (QED) is 0.604. The van der Waals surface area contributed by atoms with Crippen LogP contribution in [0.3, 0.4) is 0 Å². The zero-order valence-corrected chi connectivity index (χ0v) is 8.30. The van der Waals surface area contributed by atoms with Gasteiger partial charge in [-0.2, -0.15) is 0 Å². The lowest BCUT2D eigenvalue weighted by Gasteiger charge is -2.14. The zero-order valence-electron chi connectivity index (χ0n) is 7.40. The molecular weight excluding hydrogens is 165 g/mol. The molecule has 1 fully saturated rings. The minimum absolute atomic E-state index is 0.233. The second-order valence-electron chi connectivity index (χ2n) is 3.39. The third-order valence-corrected chi connectivity index (χ3v) is 5.16. The molecule has 2 atom stereocenters. The van der Waals surface area contributed by atoms with E-state index in [1.165, 1.54) is 24.7 Å². The van der Waals surface area contributed by atoms with Gasteiger partial charge in [-0.1, -0.05) is 6.07 Å². The van der Waals surface area contributed by atoms with Gasteiger partial charge >= 0.3 is 0 Å². The minimum Gasteiger partial charge on any atom is -0.261 e. The monoisotopic (exact) mass is 179 g/mol. The van der Waals surface area contributed by atoms with Crippen LogP contribution in [0.2, 0.25) is 0 Å². The fraction of sp³-hybridized carbons (Fsp3) is 0.500. The average Bonchev–Trinajstić information content (AvgIpc) is 2.53. The highest BCUT2D eigenvalue weighted by Crippen LogP contribution is 2.55. The summed E-state index contributed by atoms with van der Waals surface area (Å²) in [5.41, 5.74) is 2.12. The van der Waals surface area contributed by atoms with Gasteiger partial charge in [0.05, 0.1) is 0 Å². The van der Waals surface area contributed by atoms with Gasteiger partial charge in [0.2, 0.25) is 0 Å². The van der Waals surface area contributed by atoms with Crippen LogP contribution in [-0.4, -0.2) is 17.8 Å². The maximum atomic E-state index is 4.43. The van der Waals surface area contributed by atoms with Gasteiger partial charge in [-0.25, -0.2) is 0 Å². The third-order valence-electron chi connectivity index (χ3n) is 2.55. The fourth-order valence-electron chi connectivity index (χ4n) is 1.86. The van der Waals surface area contributed by atoms with Gasteiger partial charge in [-0.05, 0) is 37.8 Å². The van der Waals surface area contributed by atoms with E-state index in [1.54, 1.807) is 0 Å². The first kappa shape index (κ1) is 8.19. The summed E-state index contributed by atoms with van der Waals surface area (Å²) in [7, 11) is 0.233. The molecule has 2 rings (SSSR count). The third kappa shape index (κ3) is 1.51. The molecule has 0 bridgehead atoms. The van der Waals surface area contributed by atoms with E-state index in [0.29, 0.717) is 0 Å². The molecule has 2 unspecified atom stereocenters. The molecule has 1 aromatic heterocycles. The van der Waals surface area contributed by atoms with Crippen molar-refractivity contribution in [1.82, 2.24) is 4.98 Å². The Balaban J connectivity index is 2.19. The number of rotatable bonds is 1. The Kier molecular flexibility index (Phi) is 2.41. The Morgan fingerprint density at radius 2 is 2.42 bits per heavy atom. The molecule has 0 spiro atoms. The SMILES string of the molecule is CP1CCCC1c1ccccn1. The highest BCUT2D eigenvalue weighted by molar-refractivity contribution is 7.57. The summed E-state index contributed by atoms with van der Waals surface area (Å²) in [4.78, 5) is 4.43. The Morgan fingerprint density at radius 3 is 3.00 bits per heavy atom. The molecule has 1 aliphatic rings. The second kappa shape index (κ2) is 3.53. The molecule has 0 aromatic carbocycles. The smallest absolute Gasteiger partial charge is 0.0477 e. The summed E-state index contributed by atoms with van der Waals surface area (Å²) in [6.07, 6.45) is 6.12. The van der Waals surface area contributed by atoms with Crippen LogP contribution in [0.25, 0.3) is 0 Å². The standard InChI is InChI=1S/C10H14NP/c1-12-8-4-6-10(12)9-5-2-3-7-11-9/h2-3,5,7,10H,4,6,8H2,1H3. The van der Waals surface area contributed by atoms with Crippen LogP contribution >= 0.6 is 7.92 Å². The van der Waals surface area contributed by atoms with Crippen LogP contribution < -0.4 is 0 Å². The maximum Gasteiger partial charge on any atom is 0.0477 e. The van der Waals surface area contributed by atoms with Crippen molar-refractivity contribution in [1.29, 1.82) is 0 Å². The van der Waals surface area contributed by atoms with E-state index in [1.807, 2.05) is 12.3 Å². The summed E-state index contributed by atoms with van der Waals surface area (Å²) >= 11 is 0. The predicted octanol–water partition coefficient (Wildman–Crippen LogP) is 3.03. The topological polar surface area (TPSA) is 12.9 Å². The fourth-order valence-corrected chi connectivity index (χ4v) is 4.08. The van der Waals surface area contributed by atoms with Crippen LogP contribution in [0, 0.1) is 0 Å². The van der Waals surface area contributed by atoms with Crippen molar-refractivity contribution in [3.8, 4) is 0 Å². The number of hydrogen-bond donors (Lipinski definition) is 0. The van der Waals surface area contributed by atoms with Gasteiger partial charge in [-0.3, -0.25) is 4.98 Å². The van der Waals surface area contributed by atoms with E-state index in [-0.39, 0.29) is 7.92 Å². The first-order valence-corrected chi connectivity index (χ1v) is 6.53. The summed E-state index contributed by atoms with van der Waals surface area (Å²) in [6, 6.07) is 6.27. The van der Waals surface area contributed by atoms with Gasteiger partial charge in [0, 0.05) is 17.5 Å². The Hall–Kier alpha value is -0.420. The lowest BCUT2D eigenvalue weighted by atomic mass is 10.2. The number of aromatic nitrogens is 1. The van der Waals surface area contributed by atoms with E-state index in [9.17, 15) is 0 Å².